The summed E-state index contributed by atoms with van der Waals surface area (Å²) >= 11 is 5.68. The van der Waals surface area contributed by atoms with Crippen molar-refractivity contribution in [2.75, 3.05) is 18.6 Å². The molecule has 0 radical (unpaired) electrons. The highest BCUT2D eigenvalue weighted by molar-refractivity contribution is 7.90. The number of sulfone groups is 1. The number of hydrogen-bond donors (Lipinski definition) is 1. The first kappa shape index (κ1) is 14.9. The Kier molecular flexibility index (Phi) is 5.06. The van der Waals surface area contributed by atoms with Gasteiger partial charge >= 0.3 is 0 Å². The van der Waals surface area contributed by atoms with Crippen LogP contribution in [0, 0.1) is 10.1 Å². The van der Waals surface area contributed by atoms with Crippen LogP contribution in [0.25, 0.3) is 0 Å². The molecule has 0 aliphatic carbocycles. The van der Waals surface area contributed by atoms with Gasteiger partial charge in [0.15, 0.2) is 0 Å². The Morgan fingerprint density at radius 2 is 2.11 bits per heavy atom. The van der Waals surface area contributed by atoms with Gasteiger partial charge in [0.25, 0.3) is 5.69 Å². The van der Waals surface area contributed by atoms with E-state index in [0.29, 0.717) is 10.6 Å². The van der Waals surface area contributed by atoms with Crippen LogP contribution in [-0.2, 0) is 16.4 Å². The second-order valence-corrected chi connectivity index (χ2v) is 6.53. The summed E-state index contributed by atoms with van der Waals surface area (Å²) in [6.07, 6.45) is 1.14. The topological polar surface area (TPSA) is 89.3 Å². The third-order valence-corrected chi connectivity index (χ3v) is 3.39. The van der Waals surface area contributed by atoms with Crippen molar-refractivity contribution >= 4 is 27.1 Å². The van der Waals surface area contributed by atoms with Crippen molar-refractivity contribution < 1.29 is 13.3 Å². The lowest BCUT2D eigenvalue weighted by molar-refractivity contribution is -0.385. The quantitative estimate of drug-likeness (QED) is 0.486. The highest BCUT2D eigenvalue weighted by Gasteiger charge is 2.13. The van der Waals surface area contributed by atoms with Crippen LogP contribution in [-0.4, -0.2) is 31.9 Å². The van der Waals surface area contributed by atoms with Crippen molar-refractivity contribution in [2.24, 2.45) is 0 Å². The van der Waals surface area contributed by atoms with E-state index in [1.165, 1.54) is 6.07 Å². The first-order valence-electron chi connectivity index (χ1n) is 5.11. The molecule has 0 fully saturated rings. The second kappa shape index (κ2) is 6.12. The Morgan fingerprint density at radius 3 is 2.67 bits per heavy atom. The van der Waals surface area contributed by atoms with E-state index in [4.69, 9.17) is 11.6 Å². The Bertz CT molecular complexity index is 545. The SMILES string of the molecule is CS(=O)(=O)CCNCc1ccc(Cl)cc1[N+](=O)[O-]. The van der Waals surface area contributed by atoms with Gasteiger partial charge in [-0.15, -0.1) is 0 Å². The lowest BCUT2D eigenvalue weighted by Gasteiger charge is -2.05. The number of benzene rings is 1. The predicted molar refractivity (Wildman–Crippen MR) is 69.5 cm³/mol. The van der Waals surface area contributed by atoms with Gasteiger partial charge in [-0.2, -0.15) is 0 Å². The van der Waals surface area contributed by atoms with E-state index in [1.54, 1.807) is 12.1 Å². The van der Waals surface area contributed by atoms with Crippen molar-refractivity contribution in [3.05, 3.63) is 38.9 Å². The Hall–Kier alpha value is -1.18. The second-order valence-electron chi connectivity index (χ2n) is 3.84. The van der Waals surface area contributed by atoms with E-state index in [9.17, 15) is 18.5 Å². The summed E-state index contributed by atoms with van der Waals surface area (Å²) < 4.78 is 21.8. The van der Waals surface area contributed by atoms with E-state index in [-0.39, 0.29) is 24.5 Å². The first-order valence-corrected chi connectivity index (χ1v) is 7.55. The average Bonchev–Trinajstić information content (AvgIpc) is 2.24. The minimum absolute atomic E-state index is 0.00557. The van der Waals surface area contributed by atoms with Crippen LogP contribution >= 0.6 is 11.6 Å². The van der Waals surface area contributed by atoms with Gasteiger partial charge in [0.05, 0.1) is 10.7 Å². The van der Waals surface area contributed by atoms with E-state index >= 15 is 0 Å². The molecular formula is C10H13ClN2O4S. The molecule has 18 heavy (non-hydrogen) atoms. The van der Waals surface area contributed by atoms with Gasteiger partial charge in [0.2, 0.25) is 0 Å². The van der Waals surface area contributed by atoms with Gasteiger partial charge in [0, 0.05) is 36.0 Å². The van der Waals surface area contributed by atoms with Gasteiger partial charge in [-0.05, 0) is 12.1 Å². The fourth-order valence-electron chi connectivity index (χ4n) is 1.34. The number of rotatable bonds is 6. The molecular weight excluding hydrogens is 280 g/mol. The molecule has 1 aromatic rings. The lowest BCUT2D eigenvalue weighted by atomic mass is 10.2. The van der Waals surface area contributed by atoms with E-state index in [1.807, 2.05) is 0 Å². The zero-order valence-corrected chi connectivity index (χ0v) is 11.3. The maximum atomic E-state index is 10.9. The van der Waals surface area contributed by atoms with Gasteiger partial charge in [0.1, 0.15) is 9.84 Å². The molecule has 1 N–H and O–H groups in total. The lowest BCUT2D eigenvalue weighted by Crippen LogP contribution is -2.22. The summed E-state index contributed by atoms with van der Waals surface area (Å²) in [5.74, 6) is -0.00557. The Balaban J connectivity index is 2.65. The molecule has 1 aromatic carbocycles. The molecule has 100 valence electrons. The average molecular weight is 293 g/mol. The number of nitro groups is 1. The Morgan fingerprint density at radius 1 is 1.44 bits per heavy atom. The van der Waals surface area contributed by atoms with Gasteiger partial charge in [-0.1, -0.05) is 11.6 Å². The highest BCUT2D eigenvalue weighted by atomic mass is 35.5. The van der Waals surface area contributed by atoms with Crippen LogP contribution < -0.4 is 5.32 Å². The minimum Gasteiger partial charge on any atom is -0.311 e. The van der Waals surface area contributed by atoms with Crippen molar-refractivity contribution in [3.63, 3.8) is 0 Å². The van der Waals surface area contributed by atoms with Gasteiger partial charge < -0.3 is 5.32 Å². The maximum absolute atomic E-state index is 10.9. The summed E-state index contributed by atoms with van der Waals surface area (Å²) in [7, 11) is -3.03. The zero-order valence-electron chi connectivity index (χ0n) is 9.72. The monoisotopic (exact) mass is 292 g/mol. The van der Waals surface area contributed by atoms with Crippen LogP contribution in [0.2, 0.25) is 5.02 Å². The third-order valence-electron chi connectivity index (χ3n) is 2.21. The van der Waals surface area contributed by atoms with Crippen molar-refractivity contribution in [1.29, 1.82) is 0 Å². The third kappa shape index (κ3) is 4.99. The molecule has 0 spiro atoms. The van der Waals surface area contributed by atoms with Crippen molar-refractivity contribution in [1.82, 2.24) is 5.32 Å². The van der Waals surface area contributed by atoms with Crippen LogP contribution in [0.5, 0.6) is 0 Å². The Labute approximate surface area is 110 Å². The number of halogens is 1. The van der Waals surface area contributed by atoms with Crippen LogP contribution in [0.15, 0.2) is 18.2 Å². The molecule has 1 rings (SSSR count). The molecule has 0 aromatic heterocycles. The molecule has 0 saturated carbocycles. The van der Waals surface area contributed by atoms with Crippen molar-refractivity contribution in [3.8, 4) is 0 Å². The summed E-state index contributed by atoms with van der Waals surface area (Å²) in [6, 6.07) is 4.38. The summed E-state index contributed by atoms with van der Waals surface area (Å²) in [5.41, 5.74) is 0.396. The summed E-state index contributed by atoms with van der Waals surface area (Å²) in [4.78, 5) is 10.3. The number of hydrogen-bond acceptors (Lipinski definition) is 5. The standard InChI is InChI=1S/C10H13ClN2O4S/c1-18(16,17)5-4-12-7-8-2-3-9(11)6-10(8)13(14)15/h2-3,6,12H,4-5,7H2,1H3. The highest BCUT2D eigenvalue weighted by Crippen LogP contribution is 2.22. The van der Waals surface area contributed by atoms with Crippen LogP contribution in [0.3, 0.4) is 0 Å². The normalized spacial score (nSPS) is 11.4. The van der Waals surface area contributed by atoms with Crippen molar-refractivity contribution in [2.45, 2.75) is 6.54 Å². The molecule has 0 aliphatic heterocycles. The molecule has 0 atom stereocenters. The molecule has 6 nitrogen and oxygen atoms in total. The maximum Gasteiger partial charge on any atom is 0.275 e. The molecule has 0 saturated heterocycles. The zero-order chi connectivity index (χ0) is 13.8. The van der Waals surface area contributed by atoms with E-state index in [2.05, 4.69) is 5.32 Å². The fourth-order valence-corrected chi connectivity index (χ4v) is 2.02. The smallest absolute Gasteiger partial charge is 0.275 e. The molecule has 0 heterocycles. The number of nitrogens with zero attached hydrogens (tertiary/aromatic N) is 1. The first-order chi connectivity index (χ1) is 8.29. The molecule has 0 bridgehead atoms. The fraction of sp³-hybridized carbons (Fsp3) is 0.400. The van der Waals surface area contributed by atoms with Gasteiger partial charge in [-0.3, -0.25) is 10.1 Å². The number of nitrogens with one attached hydrogen (secondary N) is 1. The van der Waals surface area contributed by atoms with Crippen LogP contribution in [0.4, 0.5) is 5.69 Å². The van der Waals surface area contributed by atoms with E-state index in [0.717, 1.165) is 6.26 Å². The molecule has 0 aliphatic rings. The van der Waals surface area contributed by atoms with Gasteiger partial charge in [-0.25, -0.2) is 8.42 Å². The van der Waals surface area contributed by atoms with Crippen LogP contribution in [0.1, 0.15) is 5.56 Å². The number of nitro benzene ring substituents is 1. The summed E-state index contributed by atoms with van der Waals surface area (Å²) in [6.45, 7) is 0.474. The predicted octanol–water partition coefficient (Wildman–Crippen LogP) is 1.38. The van der Waals surface area contributed by atoms with E-state index < -0.39 is 14.8 Å². The largest absolute Gasteiger partial charge is 0.311 e. The molecule has 0 amide bonds. The summed E-state index contributed by atoms with van der Waals surface area (Å²) in [5, 5.41) is 13.9. The molecule has 8 heteroatoms. The minimum atomic E-state index is -3.03. The molecule has 0 unspecified atom stereocenters.